The maximum atomic E-state index is 12.2. The molecule has 1 aliphatic heterocycles. The van der Waals surface area contributed by atoms with Gasteiger partial charge in [0.1, 0.15) is 0 Å². The molecule has 110 valence electrons. The van der Waals surface area contributed by atoms with Gasteiger partial charge in [-0.2, -0.15) is 0 Å². The molecule has 2 heterocycles. The van der Waals surface area contributed by atoms with Crippen LogP contribution in [0.2, 0.25) is 0 Å². The Balaban J connectivity index is 1.91. The van der Waals surface area contributed by atoms with Crippen LogP contribution in [0.1, 0.15) is 38.2 Å². The molecule has 1 fully saturated rings. The first-order chi connectivity index (χ1) is 9.68. The summed E-state index contributed by atoms with van der Waals surface area (Å²) in [6, 6.07) is 4.05. The summed E-state index contributed by atoms with van der Waals surface area (Å²) in [4.78, 5) is 16.4. The van der Waals surface area contributed by atoms with Gasteiger partial charge in [0, 0.05) is 30.8 Å². The van der Waals surface area contributed by atoms with Gasteiger partial charge in [-0.3, -0.25) is 9.78 Å². The Morgan fingerprint density at radius 2 is 2.20 bits per heavy atom. The van der Waals surface area contributed by atoms with E-state index in [1.807, 2.05) is 12.3 Å². The Morgan fingerprint density at radius 3 is 2.80 bits per heavy atom. The molecule has 1 aliphatic rings. The number of hydrogen-bond donors (Lipinski definition) is 2. The molecule has 0 bridgehead atoms. The normalized spacial score (nSPS) is 17.9. The minimum absolute atomic E-state index is 0.179. The van der Waals surface area contributed by atoms with Crippen LogP contribution in [0.15, 0.2) is 24.5 Å². The minimum Gasteiger partial charge on any atom is -0.355 e. The van der Waals surface area contributed by atoms with E-state index >= 15 is 0 Å². The second-order valence-electron chi connectivity index (χ2n) is 5.91. The molecule has 1 aromatic rings. The second kappa shape index (κ2) is 7.39. The van der Waals surface area contributed by atoms with Crippen LogP contribution < -0.4 is 10.6 Å². The van der Waals surface area contributed by atoms with E-state index < -0.39 is 0 Å². The van der Waals surface area contributed by atoms with E-state index in [0.717, 1.165) is 25.9 Å². The monoisotopic (exact) mass is 275 g/mol. The van der Waals surface area contributed by atoms with Crippen molar-refractivity contribution in [3.63, 3.8) is 0 Å². The van der Waals surface area contributed by atoms with Crippen molar-refractivity contribution >= 4 is 5.91 Å². The highest BCUT2D eigenvalue weighted by Gasteiger charge is 2.23. The number of hydrogen-bond acceptors (Lipinski definition) is 3. The van der Waals surface area contributed by atoms with Crippen molar-refractivity contribution in [2.75, 3.05) is 19.6 Å². The van der Waals surface area contributed by atoms with Crippen LogP contribution in [0.25, 0.3) is 0 Å². The largest absolute Gasteiger partial charge is 0.355 e. The predicted octanol–water partition coefficient (Wildman–Crippen LogP) is 1.94. The van der Waals surface area contributed by atoms with Gasteiger partial charge in [-0.05, 0) is 43.5 Å². The smallest absolute Gasteiger partial charge is 0.223 e. The number of carbonyl (C=O) groups is 1. The second-order valence-corrected chi connectivity index (χ2v) is 5.91. The number of piperidine rings is 1. The fraction of sp³-hybridized carbons (Fsp3) is 0.625. The molecule has 1 aromatic heterocycles. The Kier molecular flexibility index (Phi) is 5.53. The van der Waals surface area contributed by atoms with Crippen LogP contribution >= 0.6 is 0 Å². The van der Waals surface area contributed by atoms with Gasteiger partial charge in [0.05, 0.1) is 0 Å². The topological polar surface area (TPSA) is 54.0 Å². The van der Waals surface area contributed by atoms with Crippen molar-refractivity contribution in [3.05, 3.63) is 30.1 Å². The molecule has 0 aliphatic carbocycles. The minimum atomic E-state index is 0.179. The summed E-state index contributed by atoms with van der Waals surface area (Å²) in [5, 5.41) is 6.43. The van der Waals surface area contributed by atoms with Gasteiger partial charge in [0.15, 0.2) is 0 Å². The molecule has 4 nitrogen and oxygen atoms in total. The zero-order valence-corrected chi connectivity index (χ0v) is 12.4. The van der Waals surface area contributed by atoms with E-state index in [1.165, 1.54) is 5.56 Å². The molecule has 1 amide bonds. The molecule has 0 radical (unpaired) electrons. The molecule has 1 saturated heterocycles. The van der Waals surface area contributed by atoms with Gasteiger partial charge in [-0.1, -0.05) is 19.9 Å². The number of rotatable bonds is 5. The van der Waals surface area contributed by atoms with E-state index in [-0.39, 0.29) is 11.8 Å². The number of nitrogens with zero attached hydrogens (tertiary/aromatic N) is 1. The average molecular weight is 275 g/mol. The Bertz CT molecular complexity index is 413. The lowest BCUT2D eigenvalue weighted by Crippen LogP contribution is -2.40. The van der Waals surface area contributed by atoms with Crippen molar-refractivity contribution in [1.82, 2.24) is 15.6 Å². The van der Waals surface area contributed by atoms with Crippen LogP contribution in [0.3, 0.4) is 0 Å². The van der Waals surface area contributed by atoms with E-state index in [9.17, 15) is 4.79 Å². The van der Waals surface area contributed by atoms with E-state index in [0.29, 0.717) is 18.4 Å². The predicted molar refractivity (Wildman–Crippen MR) is 80.4 cm³/mol. The average Bonchev–Trinajstić information content (AvgIpc) is 2.49. The van der Waals surface area contributed by atoms with Crippen LogP contribution in [-0.2, 0) is 4.79 Å². The zero-order chi connectivity index (χ0) is 14.4. The molecule has 0 aromatic carbocycles. The number of amides is 1. The lowest BCUT2D eigenvalue weighted by molar-refractivity contribution is -0.125. The third-order valence-electron chi connectivity index (χ3n) is 4.12. The lowest BCUT2D eigenvalue weighted by Gasteiger charge is -2.25. The van der Waals surface area contributed by atoms with Crippen LogP contribution in [0, 0.1) is 11.8 Å². The quantitative estimate of drug-likeness (QED) is 0.863. The van der Waals surface area contributed by atoms with Crippen molar-refractivity contribution in [2.45, 2.75) is 32.6 Å². The third kappa shape index (κ3) is 4.04. The molecule has 20 heavy (non-hydrogen) atoms. The maximum absolute atomic E-state index is 12.2. The van der Waals surface area contributed by atoms with Crippen molar-refractivity contribution in [2.24, 2.45) is 11.8 Å². The van der Waals surface area contributed by atoms with Crippen molar-refractivity contribution < 1.29 is 4.79 Å². The number of pyridine rings is 1. The zero-order valence-electron chi connectivity index (χ0n) is 12.4. The molecule has 4 heteroatoms. The Labute approximate surface area is 121 Å². The third-order valence-corrected chi connectivity index (χ3v) is 4.12. The summed E-state index contributed by atoms with van der Waals surface area (Å²) in [6.45, 7) is 6.98. The number of aromatic nitrogens is 1. The molecule has 0 spiro atoms. The van der Waals surface area contributed by atoms with Crippen LogP contribution in [0.5, 0.6) is 0 Å². The molecule has 1 unspecified atom stereocenters. The van der Waals surface area contributed by atoms with Crippen LogP contribution in [-0.4, -0.2) is 30.5 Å². The SMILES string of the molecule is CC(C)C(CNC(=O)C1CCNCC1)c1cccnc1. The van der Waals surface area contributed by atoms with Crippen molar-refractivity contribution in [1.29, 1.82) is 0 Å². The lowest BCUT2D eigenvalue weighted by atomic mass is 9.89. The summed E-state index contributed by atoms with van der Waals surface area (Å²) in [5.74, 6) is 1.20. The summed E-state index contributed by atoms with van der Waals surface area (Å²) in [6.07, 6.45) is 5.59. The maximum Gasteiger partial charge on any atom is 0.223 e. The molecule has 1 atom stereocenters. The van der Waals surface area contributed by atoms with Gasteiger partial charge in [-0.15, -0.1) is 0 Å². The first kappa shape index (κ1) is 15.0. The molecule has 2 rings (SSSR count). The van der Waals surface area contributed by atoms with E-state index in [1.54, 1.807) is 6.20 Å². The molecular formula is C16H25N3O. The summed E-state index contributed by atoms with van der Waals surface area (Å²) < 4.78 is 0. The van der Waals surface area contributed by atoms with E-state index in [2.05, 4.69) is 35.5 Å². The van der Waals surface area contributed by atoms with Gasteiger partial charge >= 0.3 is 0 Å². The first-order valence-electron chi connectivity index (χ1n) is 7.57. The Hall–Kier alpha value is -1.42. The highest BCUT2D eigenvalue weighted by molar-refractivity contribution is 5.78. The van der Waals surface area contributed by atoms with Gasteiger partial charge in [-0.25, -0.2) is 0 Å². The van der Waals surface area contributed by atoms with Crippen molar-refractivity contribution in [3.8, 4) is 0 Å². The number of nitrogens with one attached hydrogen (secondary N) is 2. The Morgan fingerprint density at radius 1 is 1.45 bits per heavy atom. The van der Waals surface area contributed by atoms with Gasteiger partial charge in [0.2, 0.25) is 5.91 Å². The summed E-state index contributed by atoms with van der Waals surface area (Å²) >= 11 is 0. The summed E-state index contributed by atoms with van der Waals surface area (Å²) in [5.41, 5.74) is 1.20. The molecule has 0 saturated carbocycles. The number of carbonyl (C=O) groups excluding carboxylic acids is 1. The fourth-order valence-corrected chi connectivity index (χ4v) is 2.77. The van der Waals surface area contributed by atoms with E-state index in [4.69, 9.17) is 0 Å². The summed E-state index contributed by atoms with van der Waals surface area (Å²) in [7, 11) is 0. The highest BCUT2D eigenvalue weighted by Crippen LogP contribution is 2.23. The standard InChI is InChI=1S/C16H25N3O/c1-12(2)15(14-4-3-7-18-10-14)11-19-16(20)13-5-8-17-9-6-13/h3-4,7,10,12-13,15,17H,5-6,8-9,11H2,1-2H3,(H,19,20). The molecular weight excluding hydrogens is 250 g/mol. The van der Waals surface area contributed by atoms with Gasteiger partial charge in [0.25, 0.3) is 0 Å². The highest BCUT2D eigenvalue weighted by atomic mass is 16.1. The van der Waals surface area contributed by atoms with Gasteiger partial charge < -0.3 is 10.6 Å². The molecule has 2 N–H and O–H groups in total. The fourth-order valence-electron chi connectivity index (χ4n) is 2.77. The first-order valence-corrected chi connectivity index (χ1v) is 7.57. The van der Waals surface area contributed by atoms with Crippen LogP contribution in [0.4, 0.5) is 0 Å².